The molecule has 1 aromatic carbocycles. The number of anilines is 2. The predicted octanol–water partition coefficient (Wildman–Crippen LogP) is 0.611. The standard InChI is InChI=1S/C17H22N6O/c18-15-3-1-14(2-4-15)17(24)21-7-8-22-9-11-23(12-10-22)16-13-19-5-6-20-16/h1-6,13H,7-12,18H2,(H,21,24). The Balaban J connectivity index is 1.39. The Morgan fingerprint density at radius 1 is 1.12 bits per heavy atom. The third-order valence-electron chi connectivity index (χ3n) is 4.13. The molecule has 3 rings (SSSR count). The summed E-state index contributed by atoms with van der Waals surface area (Å²) in [4.78, 5) is 25.1. The molecule has 24 heavy (non-hydrogen) atoms. The molecule has 0 radical (unpaired) electrons. The Hall–Kier alpha value is -2.67. The predicted molar refractivity (Wildman–Crippen MR) is 93.9 cm³/mol. The first kappa shape index (κ1) is 16.2. The summed E-state index contributed by atoms with van der Waals surface area (Å²) in [5, 5.41) is 2.95. The number of nitrogens with two attached hydrogens (primary N) is 1. The second kappa shape index (κ2) is 7.74. The van der Waals surface area contributed by atoms with Crippen LogP contribution in [-0.4, -0.2) is 60.0 Å². The molecule has 1 amide bonds. The molecule has 0 atom stereocenters. The van der Waals surface area contributed by atoms with Crippen LogP contribution in [0.1, 0.15) is 10.4 Å². The summed E-state index contributed by atoms with van der Waals surface area (Å²) in [5.74, 6) is 0.863. The third kappa shape index (κ3) is 4.20. The molecule has 7 nitrogen and oxygen atoms in total. The van der Waals surface area contributed by atoms with Crippen LogP contribution in [0.15, 0.2) is 42.9 Å². The second-order valence-corrected chi connectivity index (χ2v) is 5.77. The van der Waals surface area contributed by atoms with E-state index in [1.54, 1.807) is 42.9 Å². The van der Waals surface area contributed by atoms with Gasteiger partial charge >= 0.3 is 0 Å². The fraction of sp³-hybridized carbons (Fsp3) is 0.353. The van der Waals surface area contributed by atoms with E-state index >= 15 is 0 Å². The molecule has 0 bridgehead atoms. The van der Waals surface area contributed by atoms with E-state index in [2.05, 4.69) is 25.1 Å². The molecular weight excluding hydrogens is 304 g/mol. The maximum atomic E-state index is 12.0. The first-order chi connectivity index (χ1) is 11.7. The molecule has 2 heterocycles. The molecule has 0 unspecified atom stereocenters. The number of carbonyl (C=O) groups is 1. The van der Waals surface area contributed by atoms with Crippen molar-refractivity contribution in [1.82, 2.24) is 20.2 Å². The molecule has 1 fully saturated rings. The van der Waals surface area contributed by atoms with Crippen LogP contribution in [0.25, 0.3) is 0 Å². The fourth-order valence-electron chi connectivity index (χ4n) is 2.72. The van der Waals surface area contributed by atoms with Crippen molar-refractivity contribution in [1.29, 1.82) is 0 Å². The van der Waals surface area contributed by atoms with Gasteiger partial charge in [0.1, 0.15) is 5.82 Å². The van der Waals surface area contributed by atoms with Crippen molar-refractivity contribution in [3.8, 4) is 0 Å². The van der Waals surface area contributed by atoms with Gasteiger partial charge in [-0.25, -0.2) is 4.98 Å². The molecule has 1 aliphatic heterocycles. The van der Waals surface area contributed by atoms with Gasteiger partial charge in [-0.3, -0.25) is 14.7 Å². The van der Waals surface area contributed by atoms with Gasteiger partial charge in [-0.05, 0) is 24.3 Å². The number of nitrogen functional groups attached to an aromatic ring is 1. The quantitative estimate of drug-likeness (QED) is 0.783. The van der Waals surface area contributed by atoms with Crippen LogP contribution >= 0.6 is 0 Å². The minimum absolute atomic E-state index is 0.0619. The molecule has 0 spiro atoms. The zero-order chi connectivity index (χ0) is 16.8. The fourth-order valence-corrected chi connectivity index (χ4v) is 2.72. The van der Waals surface area contributed by atoms with Gasteiger partial charge in [-0.1, -0.05) is 0 Å². The highest BCUT2D eigenvalue weighted by Gasteiger charge is 2.17. The van der Waals surface area contributed by atoms with Gasteiger partial charge in [0.25, 0.3) is 5.91 Å². The van der Waals surface area contributed by atoms with Crippen molar-refractivity contribution in [2.45, 2.75) is 0 Å². The summed E-state index contributed by atoms with van der Waals surface area (Å²) in [7, 11) is 0. The molecular formula is C17H22N6O. The smallest absolute Gasteiger partial charge is 0.251 e. The first-order valence-corrected chi connectivity index (χ1v) is 8.09. The van der Waals surface area contributed by atoms with Gasteiger partial charge < -0.3 is 16.0 Å². The highest BCUT2D eigenvalue weighted by atomic mass is 16.1. The van der Waals surface area contributed by atoms with Crippen LogP contribution in [0.5, 0.6) is 0 Å². The summed E-state index contributed by atoms with van der Waals surface area (Å²) in [6.07, 6.45) is 5.19. The lowest BCUT2D eigenvalue weighted by Gasteiger charge is -2.35. The summed E-state index contributed by atoms with van der Waals surface area (Å²) >= 11 is 0. The van der Waals surface area contributed by atoms with Gasteiger partial charge in [0.05, 0.1) is 6.20 Å². The van der Waals surface area contributed by atoms with E-state index < -0.39 is 0 Å². The minimum atomic E-state index is -0.0619. The summed E-state index contributed by atoms with van der Waals surface area (Å²) in [6.45, 7) is 5.22. The van der Waals surface area contributed by atoms with Crippen LogP contribution in [0.2, 0.25) is 0 Å². The third-order valence-corrected chi connectivity index (χ3v) is 4.13. The lowest BCUT2D eigenvalue weighted by molar-refractivity contribution is 0.0948. The van der Waals surface area contributed by atoms with Gasteiger partial charge in [-0.2, -0.15) is 0 Å². The SMILES string of the molecule is Nc1ccc(C(=O)NCCN2CCN(c3cnccn3)CC2)cc1. The number of nitrogens with one attached hydrogen (secondary N) is 1. The summed E-state index contributed by atoms with van der Waals surface area (Å²) < 4.78 is 0. The van der Waals surface area contributed by atoms with Crippen molar-refractivity contribution in [2.24, 2.45) is 0 Å². The normalized spacial score (nSPS) is 15.2. The van der Waals surface area contributed by atoms with E-state index in [4.69, 9.17) is 5.73 Å². The van der Waals surface area contributed by atoms with Crippen molar-refractivity contribution in [3.05, 3.63) is 48.4 Å². The zero-order valence-electron chi connectivity index (χ0n) is 13.6. The molecule has 0 aliphatic carbocycles. The number of rotatable bonds is 5. The number of piperazine rings is 1. The average molecular weight is 326 g/mol. The summed E-state index contributed by atoms with van der Waals surface area (Å²) in [5.41, 5.74) is 6.92. The first-order valence-electron chi connectivity index (χ1n) is 8.09. The van der Waals surface area contributed by atoms with Crippen molar-refractivity contribution in [3.63, 3.8) is 0 Å². The van der Waals surface area contributed by atoms with E-state index in [0.717, 1.165) is 38.5 Å². The second-order valence-electron chi connectivity index (χ2n) is 5.77. The van der Waals surface area contributed by atoms with E-state index in [9.17, 15) is 4.79 Å². The monoisotopic (exact) mass is 326 g/mol. The van der Waals surface area contributed by atoms with Crippen molar-refractivity contribution in [2.75, 3.05) is 49.9 Å². The van der Waals surface area contributed by atoms with Crippen LogP contribution < -0.4 is 16.0 Å². The minimum Gasteiger partial charge on any atom is -0.399 e. The Morgan fingerprint density at radius 3 is 2.54 bits per heavy atom. The Bertz CT molecular complexity index is 653. The molecule has 1 saturated heterocycles. The van der Waals surface area contributed by atoms with E-state index in [1.807, 2.05) is 0 Å². The topological polar surface area (TPSA) is 87.4 Å². The number of nitrogens with zero attached hydrogens (tertiary/aromatic N) is 4. The molecule has 3 N–H and O–H groups in total. The van der Waals surface area contributed by atoms with Crippen molar-refractivity contribution < 1.29 is 4.79 Å². The highest BCUT2D eigenvalue weighted by molar-refractivity contribution is 5.94. The van der Waals surface area contributed by atoms with Crippen molar-refractivity contribution >= 4 is 17.4 Å². The Morgan fingerprint density at radius 2 is 1.88 bits per heavy atom. The van der Waals surface area contributed by atoms with Crippen LogP contribution in [0, 0.1) is 0 Å². The van der Waals surface area contributed by atoms with Gasteiger partial charge in [0.2, 0.25) is 0 Å². The van der Waals surface area contributed by atoms with Gasteiger partial charge in [0.15, 0.2) is 0 Å². The lowest BCUT2D eigenvalue weighted by atomic mass is 10.2. The number of benzene rings is 1. The number of hydrogen-bond donors (Lipinski definition) is 2. The Labute approximate surface area is 141 Å². The zero-order valence-corrected chi connectivity index (χ0v) is 13.6. The van der Waals surface area contributed by atoms with Crippen LogP contribution in [0.4, 0.5) is 11.5 Å². The maximum absolute atomic E-state index is 12.0. The van der Waals surface area contributed by atoms with E-state index in [1.165, 1.54) is 0 Å². The van der Waals surface area contributed by atoms with Crippen LogP contribution in [0.3, 0.4) is 0 Å². The number of amides is 1. The molecule has 2 aromatic rings. The maximum Gasteiger partial charge on any atom is 0.251 e. The largest absolute Gasteiger partial charge is 0.399 e. The van der Waals surface area contributed by atoms with E-state index in [-0.39, 0.29) is 5.91 Å². The van der Waals surface area contributed by atoms with Crippen LogP contribution in [-0.2, 0) is 0 Å². The lowest BCUT2D eigenvalue weighted by Crippen LogP contribution is -2.48. The molecule has 1 aliphatic rings. The number of aromatic nitrogens is 2. The van der Waals surface area contributed by atoms with Gasteiger partial charge in [-0.15, -0.1) is 0 Å². The molecule has 126 valence electrons. The molecule has 0 saturated carbocycles. The summed E-state index contributed by atoms with van der Waals surface area (Å²) in [6, 6.07) is 6.95. The number of carbonyl (C=O) groups excluding carboxylic acids is 1. The van der Waals surface area contributed by atoms with Gasteiger partial charge in [0, 0.05) is 62.9 Å². The molecule has 1 aromatic heterocycles. The Kier molecular flexibility index (Phi) is 5.22. The number of hydrogen-bond acceptors (Lipinski definition) is 6. The highest BCUT2D eigenvalue weighted by Crippen LogP contribution is 2.11. The van der Waals surface area contributed by atoms with E-state index in [0.29, 0.717) is 17.8 Å². The average Bonchev–Trinajstić information content (AvgIpc) is 2.63. The molecule has 7 heteroatoms.